The molecule has 2 heterocycles. The van der Waals surface area contributed by atoms with Gasteiger partial charge in [0.1, 0.15) is 17.2 Å². The second-order valence-corrected chi connectivity index (χ2v) is 8.93. The van der Waals surface area contributed by atoms with Crippen LogP contribution in [-0.4, -0.2) is 35.3 Å². The lowest BCUT2D eigenvalue weighted by Crippen LogP contribution is -2.49. The predicted octanol–water partition coefficient (Wildman–Crippen LogP) is 5.92. The second kappa shape index (κ2) is 9.26. The molecule has 2 aliphatic rings. The highest BCUT2D eigenvalue weighted by molar-refractivity contribution is 5.97. The predicted molar refractivity (Wildman–Crippen MR) is 130 cm³/mol. The SMILES string of the molecule is O=C(CCC(=O)N1CCC2(C=Cc3cc(-c4ccccc4)ccc3O2)CC1)c1ccc(F)cc1. The number of halogens is 1. The molecule has 3 aromatic rings. The van der Waals surface area contributed by atoms with Crippen LogP contribution in [0.5, 0.6) is 5.75 Å². The van der Waals surface area contributed by atoms with Crippen molar-refractivity contribution in [3.05, 3.63) is 95.8 Å². The van der Waals surface area contributed by atoms with Crippen LogP contribution in [0, 0.1) is 5.82 Å². The first-order valence-electron chi connectivity index (χ1n) is 11.7. The van der Waals surface area contributed by atoms with Crippen LogP contribution >= 0.6 is 0 Å². The first kappa shape index (κ1) is 22.1. The van der Waals surface area contributed by atoms with E-state index < -0.39 is 5.60 Å². The Morgan fingerprint density at radius 2 is 1.62 bits per heavy atom. The number of rotatable bonds is 5. The summed E-state index contributed by atoms with van der Waals surface area (Å²) in [6.07, 6.45) is 5.96. The number of carbonyl (C=O) groups is 2. The van der Waals surface area contributed by atoms with Gasteiger partial charge in [0, 0.05) is 49.9 Å². The molecule has 5 rings (SSSR count). The fourth-order valence-electron chi connectivity index (χ4n) is 4.64. The van der Waals surface area contributed by atoms with Crippen molar-refractivity contribution in [2.75, 3.05) is 13.1 Å². The number of piperidine rings is 1. The average Bonchev–Trinajstić information content (AvgIpc) is 2.88. The molecule has 1 fully saturated rings. The number of likely N-dealkylation sites (tertiary alicyclic amines) is 1. The maximum absolute atomic E-state index is 13.0. The number of benzene rings is 3. The average molecular weight is 456 g/mol. The fraction of sp³-hybridized carbons (Fsp3) is 0.241. The van der Waals surface area contributed by atoms with Crippen LogP contribution in [0.2, 0.25) is 0 Å². The molecule has 4 nitrogen and oxygen atoms in total. The van der Waals surface area contributed by atoms with Crippen molar-refractivity contribution in [3.63, 3.8) is 0 Å². The Morgan fingerprint density at radius 3 is 2.35 bits per heavy atom. The molecular formula is C29H26FNO3. The van der Waals surface area contributed by atoms with Gasteiger partial charge in [0.15, 0.2) is 5.78 Å². The van der Waals surface area contributed by atoms with Crippen molar-refractivity contribution in [3.8, 4) is 16.9 Å². The summed E-state index contributed by atoms with van der Waals surface area (Å²) in [7, 11) is 0. The molecule has 0 bridgehead atoms. The molecule has 34 heavy (non-hydrogen) atoms. The van der Waals surface area contributed by atoms with Crippen molar-refractivity contribution in [2.45, 2.75) is 31.3 Å². The smallest absolute Gasteiger partial charge is 0.223 e. The van der Waals surface area contributed by atoms with Crippen molar-refractivity contribution < 1.29 is 18.7 Å². The van der Waals surface area contributed by atoms with E-state index in [0.717, 1.165) is 16.9 Å². The molecule has 2 aliphatic heterocycles. The van der Waals surface area contributed by atoms with Crippen LogP contribution in [0.25, 0.3) is 17.2 Å². The molecule has 1 amide bonds. The highest BCUT2D eigenvalue weighted by Gasteiger charge is 2.37. The van der Waals surface area contributed by atoms with Gasteiger partial charge in [-0.1, -0.05) is 42.5 Å². The molecule has 0 atom stereocenters. The van der Waals surface area contributed by atoms with Gasteiger partial charge in [-0.3, -0.25) is 9.59 Å². The number of ketones is 1. The van der Waals surface area contributed by atoms with Crippen LogP contribution in [0.3, 0.4) is 0 Å². The van der Waals surface area contributed by atoms with Crippen molar-refractivity contribution in [2.24, 2.45) is 0 Å². The van der Waals surface area contributed by atoms with Crippen LogP contribution in [0.4, 0.5) is 4.39 Å². The Labute approximate surface area is 198 Å². The first-order chi connectivity index (χ1) is 16.5. The zero-order chi connectivity index (χ0) is 23.5. The fourth-order valence-corrected chi connectivity index (χ4v) is 4.64. The standard InChI is InChI=1S/C29H26FNO3/c30-25-9-6-22(7-10-25)26(32)11-13-28(33)31-18-16-29(17-19-31)15-14-24-20-23(8-12-27(24)34-29)21-4-2-1-3-5-21/h1-10,12,14-15,20H,11,13,16-19H2. The number of Topliss-reactive ketones (excluding diaryl/α,β-unsaturated/α-hetero) is 1. The maximum Gasteiger partial charge on any atom is 0.223 e. The summed E-state index contributed by atoms with van der Waals surface area (Å²) >= 11 is 0. The van der Waals surface area contributed by atoms with E-state index in [-0.39, 0.29) is 30.3 Å². The number of carbonyl (C=O) groups excluding carboxylic acids is 2. The van der Waals surface area contributed by atoms with E-state index in [1.165, 1.54) is 29.8 Å². The Hall–Kier alpha value is -3.73. The summed E-state index contributed by atoms with van der Waals surface area (Å²) < 4.78 is 19.5. The first-order valence-corrected chi connectivity index (χ1v) is 11.7. The Bertz CT molecular complexity index is 1230. The van der Waals surface area contributed by atoms with Crippen LogP contribution in [0.15, 0.2) is 78.9 Å². The molecule has 0 unspecified atom stereocenters. The minimum absolute atomic E-state index is 0.0296. The van der Waals surface area contributed by atoms with Crippen LogP contribution in [0.1, 0.15) is 41.6 Å². The third-order valence-corrected chi connectivity index (χ3v) is 6.69. The molecule has 172 valence electrons. The molecule has 1 saturated heterocycles. The van der Waals surface area contributed by atoms with Gasteiger partial charge in [-0.2, -0.15) is 0 Å². The summed E-state index contributed by atoms with van der Waals surface area (Å²) in [6, 6.07) is 22.0. The van der Waals surface area contributed by atoms with Crippen LogP contribution < -0.4 is 4.74 Å². The normalized spacial score (nSPS) is 16.1. The summed E-state index contributed by atoms with van der Waals surface area (Å²) in [4.78, 5) is 26.8. The van der Waals surface area contributed by atoms with Gasteiger partial charge in [0.05, 0.1) is 0 Å². The zero-order valence-corrected chi connectivity index (χ0v) is 18.9. The topological polar surface area (TPSA) is 46.6 Å². The Kier molecular flexibility index (Phi) is 6.01. The highest BCUT2D eigenvalue weighted by atomic mass is 19.1. The molecule has 0 aromatic heterocycles. The summed E-state index contributed by atoms with van der Waals surface area (Å²) in [6.45, 7) is 1.18. The third-order valence-electron chi connectivity index (χ3n) is 6.69. The van der Waals surface area contributed by atoms with Gasteiger partial charge in [0.25, 0.3) is 0 Å². The van der Waals surface area contributed by atoms with Gasteiger partial charge in [-0.25, -0.2) is 4.39 Å². The van der Waals surface area contributed by atoms with Crippen LogP contribution in [-0.2, 0) is 4.79 Å². The number of amides is 1. The molecule has 0 radical (unpaired) electrons. The van der Waals surface area contributed by atoms with Gasteiger partial charge < -0.3 is 9.64 Å². The third kappa shape index (κ3) is 4.65. The number of nitrogens with zero attached hydrogens (tertiary/aromatic N) is 1. The van der Waals surface area contributed by atoms with Crippen molar-refractivity contribution >= 4 is 17.8 Å². The molecule has 5 heteroatoms. The molecule has 3 aromatic carbocycles. The Morgan fingerprint density at radius 1 is 0.882 bits per heavy atom. The number of hydrogen-bond donors (Lipinski definition) is 0. The lowest BCUT2D eigenvalue weighted by Gasteiger charge is -2.42. The van der Waals surface area contributed by atoms with E-state index in [2.05, 4.69) is 36.4 Å². The van der Waals surface area contributed by atoms with E-state index >= 15 is 0 Å². The molecule has 0 saturated carbocycles. The van der Waals surface area contributed by atoms with E-state index in [1.54, 1.807) is 0 Å². The highest BCUT2D eigenvalue weighted by Crippen LogP contribution is 2.38. The van der Waals surface area contributed by atoms with Crippen molar-refractivity contribution in [1.82, 2.24) is 4.90 Å². The largest absolute Gasteiger partial charge is 0.482 e. The van der Waals surface area contributed by atoms with E-state index in [9.17, 15) is 14.0 Å². The van der Waals surface area contributed by atoms with Gasteiger partial charge in [-0.05, 0) is 53.6 Å². The molecular weight excluding hydrogens is 429 g/mol. The molecule has 0 aliphatic carbocycles. The lowest BCUT2D eigenvalue weighted by atomic mass is 9.87. The van der Waals surface area contributed by atoms with Gasteiger partial charge >= 0.3 is 0 Å². The van der Waals surface area contributed by atoms with E-state index in [1.807, 2.05) is 29.2 Å². The second-order valence-electron chi connectivity index (χ2n) is 8.93. The number of ether oxygens (including phenoxy) is 1. The van der Waals surface area contributed by atoms with Gasteiger partial charge in [0.2, 0.25) is 5.91 Å². The molecule has 0 N–H and O–H groups in total. The van der Waals surface area contributed by atoms with E-state index in [4.69, 9.17) is 4.74 Å². The lowest BCUT2D eigenvalue weighted by molar-refractivity contribution is -0.133. The monoisotopic (exact) mass is 455 g/mol. The Balaban J connectivity index is 1.17. The van der Waals surface area contributed by atoms with Gasteiger partial charge in [-0.15, -0.1) is 0 Å². The maximum atomic E-state index is 13.0. The zero-order valence-electron chi connectivity index (χ0n) is 18.9. The number of hydrogen-bond acceptors (Lipinski definition) is 3. The quantitative estimate of drug-likeness (QED) is 0.449. The minimum Gasteiger partial charge on any atom is -0.482 e. The van der Waals surface area contributed by atoms with E-state index in [0.29, 0.717) is 31.5 Å². The summed E-state index contributed by atoms with van der Waals surface area (Å²) in [5.41, 5.74) is 3.41. The molecule has 1 spiro atoms. The summed E-state index contributed by atoms with van der Waals surface area (Å²) in [5, 5.41) is 0. The summed E-state index contributed by atoms with van der Waals surface area (Å²) in [5.74, 6) is 0.310. The number of fused-ring (bicyclic) bond motifs is 1. The minimum atomic E-state index is -0.401. The van der Waals surface area contributed by atoms with Crippen molar-refractivity contribution in [1.29, 1.82) is 0 Å².